The van der Waals surface area contributed by atoms with Crippen LogP contribution in [0.1, 0.15) is 22.2 Å². The van der Waals surface area contributed by atoms with Gasteiger partial charge in [-0.05, 0) is 43.2 Å². The first-order valence-electron chi connectivity index (χ1n) is 11.3. The number of anilines is 1. The monoisotopic (exact) mass is 503 g/mol. The van der Waals surface area contributed by atoms with Crippen LogP contribution < -0.4 is 19.9 Å². The van der Waals surface area contributed by atoms with Crippen LogP contribution in [0, 0.1) is 6.92 Å². The molecule has 0 saturated heterocycles. The molecule has 0 bridgehead atoms. The summed E-state index contributed by atoms with van der Waals surface area (Å²) in [5, 5.41) is 5.24. The average Bonchev–Trinajstić information content (AvgIpc) is 3.48. The van der Waals surface area contributed by atoms with Gasteiger partial charge < -0.3 is 19.9 Å². The highest BCUT2D eigenvalue weighted by Gasteiger charge is 2.15. The molecule has 2 aromatic carbocycles. The van der Waals surface area contributed by atoms with E-state index in [-0.39, 0.29) is 5.95 Å². The zero-order valence-corrected chi connectivity index (χ0v) is 21.0. The summed E-state index contributed by atoms with van der Waals surface area (Å²) in [5.41, 5.74) is 7.98. The van der Waals surface area contributed by atoms with Crippen LogP contribution in [-0.4, -0.2) is 43.9 Å². The zero-order valence-electron chi connectivity index (χ0n) is 20.1. The first kappa shape index (κ1) is 23.5. The number of benzene rings is 2. The average molecular weight is 504 g/mol. The maximum absolute atomic E-state index is 5.97. The minimum atomic E-state index is 0.172. The van der Waals surface area contributed by atoms with E-state index in [0.717, 1.165) is 20.8 Å². The van der Waals surface area contributed by atoms with Crippen molar-refractivity contribution in [2.45, 2.75) is 26.4 Å². The van der Waals surface area contributed by atoms with Gasteiger partial charge in [0.05, 0.1) is 24.4 Å². The Morgan fingerprint density at radius 1 is 0.917 bits per heavy atom. The summed E-state index contributed by atoms with van der Waals surface area (Å²) in [7, 11) is 3.23. The third-order valence-corrected chi connectivity index (χ3v) is 6.49. The molecule has 0 saturated carbocycles. The van der Waals surface area contributed by atoms with E-state index >= 15 is 0 Å². The second kappa shape index (κ2) is 10.2. The van der Waals surface area contributed by atoms with Crippen molar-refractivity contribution in [1.82, 2.24) is 29.7 Å². The highest BCUT2D eigenvalue weighted by Crippen LogP contribution is 2.28. The van der Waals surface area contributed by atoms with Gasteiger partial charge >= 0.3 is 0 Å². The Labute approximate surface area is 211 Å². The van der Waals surface area contributed by atoms with Gasteiger partial charge in [0, 0.05) is 12.5 Å². The molecule has 3 heterocycles. The number of nitrogens with zero attached hydrogens (tertiary/aromatic N) is 6. The topological polar surface area (TPSA) is 123 Å². The third-order valence-electron chi connectivity index (χ3n) is 5.48. The Morgan fingerprint density at radius 3 is 2.56 bits per heavy atom. The van der Waals surface area contributed by atoms with Crippen LogP contribution in [0.25, 0.3) is 16.0 Å². The number of aromatic nitrogens is 6. The molecule has 3 aromatic heterocycles. The Morgan fingerprint density at radius 2 is 1.75 bits per heavy atom. The Kier molecular flexibility index (Phi) is 6.63. The summed E-state index contributed by atoms with van der Waals surface area (Å²) in [6.45, 7) is 2.11. The van der Waals surface area contributed by atoms with E-state index < -0.39 is 0 Å². The van der Waals surface area contributed by atoms with Gasteiger partial charge in [-0.1, -0.05) is 18.2 Å². The van der Waals surface area contributed by atoms with Crippen LogP contribution in [0.2, 0.25) is 0 Å². The molecule has 36 heavy (non-hydrogen) atoms. The molecule has 10 nitrogen and oxygen atoms in total. The molecule has 2 N–H and O–H groups in total. The molecule has 0 atom stereocenters. The van der Waals surface area contributed by atoms with Crippen LogP contribution in [0.15, 0.2) is 48.5 Å². The SMILES string of the molecule is COc1ccc(CCc2nc(N)nn2-c2cc(OCc3nc4ccccc4s3)nc(C)n2)cc1OC. The van der Waals surface area contributed by atoms with Gasteiger partial charge in [-0.25, -0.2) is 9.97 Å². The molecular weight excluding hydrogens is 478 g/mol. The number of thiazole rings is 1. The molecule has 0 radical (unpaired) electrons. The normalized spacial score (nSPS) is 11.1. The summed E-state index contributed by atoms with van der Waals surface area (Å²) < 4.78 is 19.5. The lowest BCUT2D eigenvalue weighted by atomic mass is 10.1. The highest BCUT2D eigenvalue weighted by molar-refractivity contribution is 7.18. The number of methoxy groups -OCH3 is 2. The fourth-order valence-electron chi connectivity index (χ4n) is 3.82. The summed E-state index contributed by atoms with van der Waals surface area (Å²) in [6.07, 6.45) is 1.29. The Balaban J connectivity index is 1.34. The quantitative estimate of drug-likeness (QED) is 0.318. The minimum Gasteiger partial charge on any atom is -0.493 e. The third kappa shape index (κ3) is 5.05. The maximum atomic E-state index is 5.97. The molecule has 0 amide bonds. The number of nitrogen functional groups attached to an aromatic ring is 1. The van der Waals surface area contributed by atoms with Crippen molar-refractivity contribution in [3.8, 4) is 23.2 Å². The molecule has 5 aromatic rings. The van der Waals surface area contributed by atoms with Gasteiger partial charge in [-0.3, -0.25) is 0 Å². The number of hydrogen-bond donors (Lipinski definition) is 1. The van der Waals surface area contributed by atoms with Gasteiger partial charge in [0.15, 0.2) is 17.3 Å². The molecule has 0 aliphatic heterocycles. The number of para-hydroxylation sites is 1. The van der Waals surface area contributed by atoms with E-state index in [1.165, 1.54) is 0 Å². The van der Waals surface area contributed by atoms with Crippen molar-refractivity contribution in [3.05, 3.63) is 70.8 Å². The van der Waals surface area contributed by atoms with Crippen LogP contribution in [0.4, 0.5) is 5.95 Å². The van der Waals surface area contributed by atoms with E-state index in [4.69, 9.17) is 19.9 Å². The van der Waals surface area contributed by atoms with E-state index in [1.54, 1.807) is 43.2 Å². The van der Waals surface area contributed by atoms with Crippen LogP contribution >= 0.6 is 11.3 Å². The largest absolute Gasteiger partial charge is 0.493 e. The highest BCUT2D eigenvalue weighted by atomic mass is 32.1. The molecule has 0 aliphatic rings. The summed E-state index contributed by atoms with van der Waals surface area (Å²) in [4.78, 5) is 18.0. The lowest BCUT2D eigenvalue weighted by molar-refractivity contribution is 0.292. The number of ether oxygens (including phenoxy) is 3. The second-order valence-electron chi connectivity index (χ2n) is 7.96. The molecule has 0 spiro atoms. The number of rotatable bonds is 9. The lowest BCUT2D eigenvalue weighted by Crippen LogP contribution is -2.09. The van der Waals surface area contributed by atoms with Crippen molar-refractivity contribution in [2.75, 3.05) is 20.0 Å². The van der Waals surface area contributed by atoms with Crippen molar-refractivity contribution in [2.24, 2.45) is 0 Å². The second-order valence-corrected chi connectivity index (χ2v) is 9.08. The van der Waals surface area contributed by atoms with Crippen molar-refractivity contribution >= 4 is 27.5 Å². The summed E-state index contributed by atoms with van der Waals surface area (Å²) >= 11 is 1.60. The predicted octanol–water partition coefficient (Wildman–Crippen LogP) is 3.94. The molecule has 11 heteroatoms. The van der Waals surface area contributed by atoms with Gasteiger partial charge in [0.25, 0.3) is 0 Å². The van der Waals surface area contributed by atoms with Crippen LogP contribution in [-0.2, 0) is 19.4 Å². The lowest BCUT2D eigenvalue weighted by Gasteiger charge is -2.10. The van der Waals surface area contributed by atoms with Gasteiger partial charge in [0.1, 0.15) is 23.3 Å². The van der Waals surface area contributed by atoms with E-state index in [2.05, 4.69) is 25.0 Å². The predicted molar refractivity (Wildman–Crippen MR) is 137 cm³/mol. The first-order chi connectivity index (χ1) is 17.5. The molecular formula is C25H25N7O3S. The fourth-order valence-corrected chi connectivity index (χ4v) is 4.71. The first-order valence-corrected chi connectivity index (χ1v) is 12.1. The number of aryl methyl sites for hydroxylation is 3. The van der Waals surface area contributed by atoms with Gasteiger partial charge in [0.2, 0.25) is 11.8 Å². The van der Waals surface area contributed by atoms with E-state index in [9.17, 15) is 0 Å². The van der Waals surface area contributed by atoms with E-state index in [1.807, 2.05) is 42.5 Å². The van der Waals surface area contributed by atoms with Crippen molar-refractivity contribution in [1.29, 1.82) is 0 Å². The maximum Gasteiger partial charge on any atom is 0.240 e. The smallest absolute Gasteiger partial charge is 0.240 e. The summed E-state index contributed by atoms with van der Waals surface area (Å²) in [6, 6.07) is 15.6. The minimum absolute atomic E-state index is 0.172. The standard InChI is InChI=1S/C25H25N7O3S/c1-15-27-22(13-23(28-15)35-14-24-29-17-6-4-5-7-20(17)36-24)32-21(30-25(26)31-32)11-9-16-8-10-18(33-2)19(12-16)34-3/h4-8,10,12-13H,9,11,14H2,1-3H3,(H2,26,31). The van der Waals surface area contributed by atoms with Crippen molar-refractivity contribution < 1.29 is 14.2 Å². The van der Waals surface area contributed by atoms with Gasteiger partial charge in [-0.2, -0.15) is 14.6 Å². The number of hydrogen-bond acceptors (Lipinski definition) is 10. The molecule has 0 fully saturated rings. The number of fused-ring (bicyclic) bond motifs is 1. The molecule has 0 aliphatic carbocycles. The molecule has 0 unspecified atom stereocenters. The zero-order chi connectivity index (χ0) is 25.1. The Hall–Kier alpha value is -4.25. The Bertz CT molecular complexity index is 1480. The van der Waals surface area contributed by atoms with Crippen LogP contribution in [0.5, 0.6) is 17.4 Å². The van der Waals surface area contributed by atoms with Crippen LogP contribution in [0.3, 0.4) is 0 Å². The number of nitrogens with two attached hydrogens (primary N) is 1. The van der Waals surface area contributed by atoms with E-state index in [0.29, 0.717) is 54.3 Å². The fraction of sp³-hybridized carbons (Fsp3) is 0.240. The van der Waals surface area contributed by atoms with Crippen molar-refractivity contribution in [3.63, 3.8) is 0 Å². The van der Waals surface area contributed by atoms with Gasteiger partial charge in [-0.15, -0.1) is 16.4 Å². The molecule has 184 valence electrons. The molecule has 5 rings (SSSR count). The summed E-state index contributed by atoms with van der Waals surface area (Å²) in [5.74, 6) is 3.72.